The molecular formula is C20H30N6OS. The van der Waals surface area contributed by atoms with Crippen LogP contribution in [0.2, 0.25) is 0 Å². The topological polar surface area (TPSA) is 51.4 Å². The second kappa shape index (κ2) is 9.73. The van der Waals surface area contributed by atoms with Crippen LogP contribution in [-0.2, 0) is 24.4 Å². The molecule has 2 aliphatic rings. The minimum atomic E-state index is 0.791. The van der Waals surface area contributed by atoms with E-state index < -0.39 is 0 Å². The summed E-state index contributed by atoms with van der Waals surface area (Å²) >= 11 is 5.64. The Morgan fingerprint density at radius 2 is 1.89 bits per heavy atom. The molecule has 4 rings (SSSR count). The average Bonchev–Trinajstić information content (AvgIpc) is 3.09. The standard InChI is InChI=1S/C20H30N6OS/c28-20-25(10-6-19-3-1-2-7-21-19)16-22-26(20)17-24-8-4-18(5-9-24)15-23-11-13-27-14-12-23/h1-3,7,16,18H,4-6,8-15,17H2. The van der Waals surface area contributed by atoms with Crippen LogP contribution < -0.4 is 0 Å². The van der Waals surface area contributed by atoms with Crippen molar-refractivity contribution < 1.29 is 4.74 Å². The Kier molecular flexibility index (Phi) is 6.85. The Morgan fingerprint density at radius 3 is 2.64 bits per heavy atom. The summed E-state index contributed by atoms with van der Waals surface area (Å²) in [6.45, 7) is 9.03. The second-order valence-corrected chi connectivity index (χ2v) is 8.16. The number of aryl methyl sites for hydroxylation is 2. The second-order valence-electron chi connectivity index (χ2n) is 7.79. The van der Waals surface area contributed by atoms with Gasteiger partial charge in [0.05, 0.1) is 19.9 Å². The molecule has 0 saturated carbocycles. The molecule has 8 heteroatoms. The van der Waals surface area contributed by atoms with Crippen molar-refractivity contribution in [2.24, 2.45) is 5.92 Å². The fourth-order valence-electron chi connectivity index (χ4n) is 4.05. The van der Waals surface area contributed by atoms with Gasteiger partial charge in [-0.1, -0.05) is 6.07 Å². The molecule has 0 atom stereocenters. The van der Waals surface area contributed by atoms with Crippen LogP contribution in [0.3, 0.4) is 0 Å². The summed E-state index contributed by atoms with van der Waals surface area (Å²) in [6.07, 6.45) is 7.07. The molecule has 0 aromatic carbocycles. The number of nitrogens with zero attached hydrogens (tertiary/aromatic N) is 6. The molecule has 152 valence electrons. The smallest absolute Gasteiger partial charge is 0.198 e. The van der Waals surface area contributed by atoms with Gasteiger partial charge in [0, 0.05) is 57.6 Å². The van der Waals surface area contributed by atoms with Crippen LogP contribution >= 0.6 is 12.2 Å². The zero-order valence-electron chi connectivity index (χ0n) is 16.4. The zero-order chi connectivity index (χ0) is 19.2. The number of likely N-dealkylation sites (tertiary alicyclic amines) is 1. The number of hydrogen-bond acceptors (Lipinski definition) is 6. The number of morpholine rings is 1. The molecule has 0 bridgehead atoms. The van der Waals surface area contributed by atoms with Gasteiger partial charge in [-0.3, -0.25) is 14.8 Å². The van der Waals surface area contributed by atoms with E-state index in [9.17, 15) is 0 Å². The predicted molar refractivity (Wildman–Crippen MR) is 111 cm³/mol. The molecule has 7 nitrogen and oxygen atoms in total. The fourth-order valence-corrected chi connectivity index (χ4v) is 4.30. The van der Waals surface area contributed by atoms with Crippen molar-refractivity contribution in [2.75, 3.05) is 45.9 Å². The number of ether oxygens (including phenoxy) is 1. The predicted octanol–water partition coefficient (Wildman–Crippen LogP) is 2.05. The van der Waals surface area contributed by atoms with Gasteiger partial charge in [0.1, 0.15) is 6.33 Å². The van der Waals surface area contributed by atoms with Gasteiger partial charge in [-0.25, -0.2) is 4.68 Å². The van der Waals surface area contributed by atoms with Crippen molar-refractivity contribution in [2.45, 2.75) is 32.5 Å². The van der Waals surface area contributed by atoms with Crippen molar-refractivity contribution >= 4 is 12.2 Å². The van der Waals surface area contributed by atoms with Gasteiger partial charge < -0.3 is 9.30 Å². The molecule has 0 N–H and O–H groups in total. The van der Waals surface area contributed by atoms with Gasteiger partial charge in [0.25, 0.3) is 0 Å². The number of hydrogen-bond donors (Lipinski definition) is 0. The lowest BCUT2D eigenvalue weighted by atomic mass is 9.96. The first kappa shape index (κ1) is 19.7. The number of rotatable bonds is 7. The van der Waals surface area contributed by atoms with Crippen LogP contribution in [0.15, 0.2) is 30.7 Å². The van der Waals surface area contributed by atoms with E-state index in [2.05, 4.69) is 30.5 Å². The summed E-state index contributed by atoms with van der Waals surface area (Å²) in [7, 11) is 0. The third-order valence-corrected chi connectivity index (χ3v) is 6.24. The van der Waals surface area contributed by atoms with Crippen molar-refractivity contribution in [3.63, 3.8) is 0 Å². The highest BCUT2D eigenvalue weighted by Gasteiger charge is 2.22. The Bertz CT molecular complexity index is 777. The monoisotopic (exact) mass is 402 g/mol. The molecule has 4 heterocycles. The van der Waals surface area contributed by atoms with E-state index in [1.165, 1.54) is 19.4 Å². The van der Waals surface area contributed by atoms with E-state index in [4.69, 9.17) is 17.0 Å². The molecule has 2 fully saturated rings. The summed E-state index contributed by atoms with van der Waals surface area (Å²) in [6, 6.07) is 6.01. The summed E-state index contributed by atoms with van der Waals surface area (Å²) in [5.41, 5.74) is 1.08. The fraction of sp³-hybridized carbons (Fsp3) is 0.650. The summed E-state index contributed by atoms with van der Waals surface area (Å²) in [5, 5.41) is 4.53. The highest BCUT2D eigenvalue weighted by molar-refractivity contribution is 7.71. The van der Waals surface area contributed by atoms with Crippen molar-refractivity contribution in [3.05, 3.63) is 41.2 Å². The Morgan fingerprint density at radius 1 is 1.07 bits per heavy atom. The molecule has 0 spiro atoms. The first-order valence-electron chi connectivity index (χ1n) is 10.3. The largest absolute Gasteiger partial charge is 0.379 e. The number of piperidine rings is 1. The molecule has 28 heavy (non-hydrogen) atoms. The highest BCUT2D eigenvalue weighted by Crippen LogP contribution is 2.19. The van der Waals surface area contributed by atoms with Crippen LogP contribution in [-0.4, -0.2) is 75.1 Å². The SMILES string of the molecule is S=c1n(CCc2ccccn2)cnn1CN1CCC(CN2CCOCC2)CC1. The molecule has 0 aliphatic carbocycles. The van der Waals surface area contributed by atoms with Crippen molar-refractivity contribution in [3.8, 4) is 0 Å². The number of aromatic nitrogens is 4. The van der Waals surface area contributed by atoms with Crippen LogP contribution in [0.5, 0.6) is 0 Å². The summed E-state index contributed by atoms with van der Waals surface area (Å²) in [4.78, 5) is 9.41. The Hall–Kier alpha value is -1.61. The van der Waals surface area contributed by atoms with E-state index in [1.807, 2.05) is 29.3 Å². The zero-order valence-corrected chi connectivity index (χ0v) is 17.3. The average molecular weight is 403 g/mol. The Balaban J connectivity index is 1.24. The summed E-state index contributed by atoms with van der Waals surface area (Å²) < 4.78 is 10.3. The molecule has 2 aromatic rings. The minimum Gasteiger partial charge on any atom is -0.379 e. The minimum absolute atomic E-state index is 0.791. The van der Waals surface area contributed by atoms with Crippen LogP contribution in [0, 0.1) is 10.7 Å². The molecule has 2 saturated heterocycles. The lowest BCUT2D eigenvalue weighted by Crippen LogP contribution is -2.43. The quantitative estimate of drug-likeness (QED) is 0.661. The van der Waals surface area contributed by atoms with Crippen LogP contribution in [0.1, 0.15) is 18.5 Å². The van der Waals surface area contributed by atoms with Crippen molar-refractivity contribution in [1.82, 2.24) is 29.1 Å². The van der Waals surface area contributed by atoms with Gasteiger partial charge in [0.2, 0.25) is 0 Å². The maximum Gasteiger partial charge on any atom is 0.198 e. The van der Waals surface area contributed by atoms with Crippen LogP contribution in [0.4, 0.5) is 0 Å². The van der Waals surface area contributed by atoms with E-state index in [0.29, 0.717) is 0 Å². The van der Waals surface area contributed by atoms with Gasteiger partial charge in [-0.15, -0.1) is 0 Å². The van der Waals surface area contributed by atoms with Gasteiger partial charge >= 0.3 is 0 Å². The maximum absolute atomic E-state index is 5.64. The molecule has 2 aliphatic heterocycles. The van der Waals surface area contributed by atoms with Crippen LogP contribution in [0.25, 0.3) is 0 Å². The van der Waals surface area contributed by atoms with E-state index in [-0.39, 0.29) is 0 Å². The molecule has 2 aromatic heterocycles. The van der Waals surface area contributed by atoms with E-state index in [0.717, 1.165) is 75.4 Å². The molecule has 0 unspecified atom stereocenters. The van der Waals surface area contributed by atoms with Gasteiger partial charge in [-0.2, -0.15) is 5.10 Å². The normalized spacial score (nSPS) is 19.9. The lowest BCUT2D eigenvalue weighted by molar-refractivity contribution is 0.0228. The molecule has 0 amide bonds. The number of pyridine rings is 1. The third kappa shape index (κ3) is 5.26. The highest BCUT2D eigenvalue weighted by atomic mass is 32.1. The third-order valence-electron chi connectivity index (χ3n) is 5.79. The lowest BCUT2D eigenvalue weighted by Gasteiger charge is -2.35. The Labute approximate surface area is 171 Å². The van der Waals surface area contributed by atoms with Crippen molar-refractivity contribution in [1.29, 1.82) is 0 Å². The molecular weight excluding hydrogens is 372 g/mol. The van der Waals surface area contributed by atoms with Gasteiger partial charge in [0.15, 0.2) is 4.77 Å². The summed E-state index contributed by atoms with van der Waals surface area (Å²) in [5.74, 6) is 0.804. The van der Waals surface area contributed by atoms with E-state index >= 15 is 0 Å². The molecule has 0 radical (unpaired) electrons. The van der Waals surface area contributed by atoms with Gasteiger partial charge in [-0.05, 0) is 43.1 Å². The maximum atomic E-state index is 5.64. The van der Waals surface area contributed by atoms with E-state index in [1.54, 1.807) is 0 Å². The first-order valence-corrected chi connectivity index (χ1v) is 10.7. The first-order chi connectivity index (χ1) is 13.8.